The van der Waals surface area contributed by atoms with Crippen LogP contribution in [0.15, 0.2) is 24.3 Å². The van der Waals surface area contributed by atoms with Crippen molar-refractivity contribution in [3.8, 4) is 5.75 Å². The van der Waals surface area contributed by atoms with Gasteiger partial charge in [0.15, 0.2) is 6.10 Å². The van der Waals surface area contributed by atoms with Crippen molar-refractivity contribution in [2.45, 2.75) is 18.9 Å². The molecular formula is C13H17NO5. The molecule has 1 aromatic carbocycles. The molecular weight excluding hydrogens is 250 g/mol. The Bertz CT molecular complexity index is 429. The Balaban J connectivity index is 2.32. The predicted molar refractivity (Wildman–Crippen MR) is 68.0 cm³/mol. The van der Waals surface area contributed by atoms with Gasteiger partial charge in [-0.1, -0.05) is 12.1 Å². The minimum absolute atomic E-state index is 0.0102. The Hall–Kier alpha value is -2.08. The maximum atomic E-state index is 11.5. The summed E-state index contributed by atoms with van der Waals surface area (Å²) in [5.74, 6) is -0.791. The molecule has 6 nitrogen and oxygen atoms in total. The van der Waals surface area contributed by atoms with Crippen LogP contribution < -0.4 is 10.1 Å². The highest BCUT2D eigenvalue weighted by molar-refractivity contribution is 5.78. The minimum Gasteiger partial charge on any atom is -0.497 e. The zero-order chi connectivity index (χ0) is 14.3. The Morgan fingerprint density at radius 1 is 1.32 bits per heavy atom. The number of hydrogen-bond acceptors (Lipinski definition) is 4. The molecule has 0 aliphatic carbocycles. The molecule has 1 amide bonds. The maximum absolute atomic E-state index is 11.5. The van der Waals surface area contributed by atoms with E-state index in [9.17, 15) is 9.59 Å². The summed E-state index contributed by atoms with van der Waals surface area (Å²) in [4.78, 5) is 21.9. The van der Waals surface area contributed by atoms with E-state index in [2.05, 4.69) is 5.32 Å². The van der Waals surface area contributed by atoms with Crippen LogP contribution in [0.5, 0.6) is 5.75 Å². The molecule has 1 aromatic rings. The summed E-state index contributed by atoms with van der Waals surface area (Å²) in [6.45, 7) is 0.127. The Morgan fingerprint density at radius 3 is 2.47 bits per heavy atom. The molecule has 19 heavy (non-hydrogen) atoms. The molecule has 0 aromatic heterocycles. The Morgan fingerprint density at radius 2 is 1.95 bits per heavy atom. The molecule has 0 radical (unpaired) electrons. The Kier molecular flexibility index (Phi) is 5.81. The first-order valence-corrected chi connectivity index (χ1v) is 5.83. The van der Waals surface area contributed by atoms with Crippen LogP contribution in [0.1, 0.15) is 12.0 Å². The number of nitrogens with one attached hydrogen (secondary N) is 1. The summed E-state index contributed by atoms with van der Waals surface area (Å²) in [7, 11) is 1.56. The van der Waals surface area contributed by atoms with E-state index in [0.29, 0.717) is 5.75 Å². The SMILES string of the molecule is COc1ccc(CC(=O)NCCC(O)C(=O)O)cc1. The molecule has 0 fully saturated rings. The summed E-state index contributed by atoms with van der Waals surface area (Å²) in [6, 6.07) is 7.09. The number of rotatable bonds is 7. The fourth-order valence-electron chi connectivity index (χ4n) is 1.46. The number of aliphatic hydroxyl groups excluding tert-OH is 1. The quantitative estimate of drug-likeness (QED) is 0.655. The number of benzene rings is 1. The molecule has 0 heterocycles. The van der Waals surface area contributed by atoms with E-state index in [1.165, 1.54) is 0 Å². The highest BCUT2D eigenvalue weighted by atomic mass is 16.5. The van der Waals surface area contributed by atoms with Gasteiger partial charge >= 0.3 is 5.97 Å². The largest absolute Gasteiger partial charge is 0.497 e. The van der Waals surface area contributed by atoms with Crippen LogP contribution in [0, 0.1) is 0 Å². The van der Waals surface area contributed by atoms with Crippen LogP contribution in [0.4, 0.5) is 0 Å². The summed E-state index contributed by atoms with van der Waals surface area (Å²) in [5.41, 5.74) is 0.831. The molecule has 0 saturated carbocycles. The van der Waals surface area contributed by atoms with E-state index in [1.807, 2.05) is 0 Å². The number of hydrogen-bond donors (Lipinski definition) is 3. The van der Waals surface area contributed by atoms with Crippen LogP contribution in [0.3, 0.4) is 0 Å². The molecule has 3 N–H and O–H groups in total. The first kappa shape index (κ1) is 15.0. The number of carboxylic acid groups (broad SMARTS) is 1. The molecule has 0 bridgehead atoms. The molecule has 1 rings (SSSR count). The van der Waals surface area contributed by atoms with Crippen LogP contribution in [0.2, 0.25) is 0 Å². The summed E-state index contributed by atoms with van der Waals surface area (Å²) < 4.78 is 5.00. The van der Waals surface area contributed by atoms with Gasteiger partial charge < -0.3 is 20.3 Å². The lowest BCUT2D eigenvalue weighted by atomic mass is 10.1. The molecule has 0 spiro atoms. The maximum Gasteiger partial charge on any atom is 0.332 e. The highest BCUT2D eigenvalue weighted by Crippen LogP contribution is 2.11. The second kappa shape index (κ2) is 7.38. The van der Waals surface area contributed by atoms with Crippen molar-refractivity contribution in [1.82, 2.24) is 5.32 Å². The first-order valence-electron chi connectivity index (χ1n) is 5.83. The second-order valence-electron chi connectivity index (χ2n) is 4.02. The average molecular weight is 267 g/mol. The average Bonchev–Trinajstić information content (AvgIpc) is 2.39. The number of aliphatic hydroxyl groups is 1. The van der Waals surface area contributed by atoms with Gasteiger partial charge in [0.2, 0.25) is 5.91 Å². The summed E-state index contributed by atoms with van der Waals surface area (Å²) >= 11 is 0. The minimum atomic E-state index is -1.44. The van der Waals surface area contributed by atoms with Crippen LogP contribution in [-0.2, 0) is 16.0 Å². The van der Waals surface area contributed by atoms with Gasteiger partial charge in [-0.05, 0) is 17.7 Å². The van der Waals surface area contributed by atoms with Crippen molar-refractivity contribution in [2.24, 2.45) is 0 Å². The van der Waals surface area contributed by atoms with Crippen molar-refractivity contribution in [3.05, 3.63) is 29.8 Å². The van der Waals surface area contributed by atoms with E-state index >= 15 is 0 Å². The van der Waals surface area contributed by atoms with Crippen molar-refractivity contribution < 1.29 is 24.5 Å². The third-order valence-corrected chi connectivity index (χ3v) is 2.55. The number of methoxy groups -OCH3 is 1. The zero-order valence-corrected chi connectivity index (χ0v) is 10.6. The third kappa shape index (κ3) is 5.39. The molecule has 0 aliphatic rings. The molecule has 1 atom stereocenters. The molecule has 6 heteroatoms. The van der Waals surface area contributed by atoms with Gasteiger partial charge in [-0.25, -0.2) is 4.79 Å². The monoisotopic (exact) mass is 267 g/mol. The normalized spacial score (nSPS) is 11.7. The van der Waals surface area contributed by atoms with Crippen molar-refractivity contribution in [2.75, 3.05) is 13.7 Å². The predicted octanol–water partition coefficient (Wildman–Crippen LogP) is 0.189. The van der Waals surface area contributed by atoms with Gasteiger partial charge in [-0.15, -0.1) is 0 Å². The van der Waals surface area contributed by atoms with E-state index in [0.717, 1.165) is 5.56 Å². The number of carbonyl (C=O) groups is 2. The van der Waals surface area contributed by atoms with Gasteiger partial charge in [-0.2, -0.15) is 0 Å². The van der Waals surface area contributed by atoms with Gasteiger partial charge in [0.05, 0.1) is 13.5 Å². The fraction of sp³-hybridized carbons (Fsp3) is 0.385. The van der Waals surface area contributed by atoms with Crippen molar-refractivity contribution in [3.63, 3.8) is 0 Å². The third-order valence-electron chi connectivity index (χ3n) is 2.55. The number of aliphatic carboxylic acids is 1. The number of carbonyl (C=O) groups excluding carboxylic acids is 1. The highest BCUT2D eigenvalue weighted by Gasteiger charge is 2.12. The number of amides is 1. The number of ether oxygens (including phenoxy) is 1. The molecule has 104 valence electrons. The van der Waals surface area contributed by atoms with Crippen LogP contribution in [0.25, 0.3) is 0 Å². The van der Waals surface area contributed by atoms with Gasteiger partial charge in [0.25, 0.3) is 0 Å². The van der Waals surface area contributed by atoms with E-state index < -0.39 is 12.1 Å². The fourth-order valence-corrected chi connectivity index (χ4v) is 1.46. The molecule has 1 unspecified atom stereocenters. The number of carboxylic acids is 1. The van der Waals surface area contributed by atoms with Gasteiger partial charge in [0.1, 0.15) is 5.75 Å². The molecule has 0 aliphatic heterocycles. The summed E-state index contributed by atoms with van der Waals surface area (Å²) in [5, 5.41) is 20.0. The lowest BCUT2D eigenvalue weighted by molar-refractivity contribution is -0.147. The van der Waals surface area contributed by atoms with Crippen molar-refractivity contribution in [1.29, 1.82) is 0 Å². The van der Waals surface area contributed by atoms with Crippen LogP contribution in [-0.4, -0.2) is 41.8 Å². The van der Waals surface area contributed by atoms with Gasteiger partial charge in [-0.3, -0.25) is 4.79 Å². The second-order valence-corrected chi connectivity index (χ2v) is 4.02. The lowest BCUT2D eigenvalue weighted by Crippen LogP contribution is -2.30. The topological polar surface area (TPSA) is 95.9 Å². The zero-order valence-electron chi connectivity index (χ0n) is 10.6. The van der Waals surface area contributed by atoms with Gasteiger partial charge in [0, 0.05) is 13.0 Å². The van der Waals surface area contributed by atoms with E-state index in [1.54, 1.807) is 31.4 Å². The van der Waals surface area contributed by atoms with E-state index in [4.69, 9.17) is 14.9 Å². The smallest absolute Gasteiger partial charge is 0.332 e. The van der Waals surface area contributed by atoms with Crippen molar-refractivity contribution >= 4 is 11.9 Å². The molecule has 0 saturated heterocycles. The Labute approximate surface area is 111 Å². The van der Waals surface area contributed by atoms with Crippen LogP contribution >= 0.6 is 0 Å². The summed E-state index contributed by atoms with van der Waals surface area (Å²) in [6.07, 6.45) is -1.25. The lowest BCUT2D eigenvalue weighted by Gasteiger charge is -2.07. The standard InChI is InChI=1S/C13H17NO5/c1-19-10-4-2-9(3-5-10)8-12(16)14-7-6-11(15)13(17)18/h2-5,11,15H,6-8H2,1H3,(H,14,16)(H,17,18). The van der Waals surface area contributed by atoms with E-state index in [-0.39, 0.29) is 25.3 Å². The first-order chi connectivity index (χ1) is 9.02.